The molecule has 0 aromatic heterocycles. The van der Waals surface area contributed by atoms with Gasteiger partial charge in [-0.15, -0.1) is 0 Å². The molecule has 0 amide bonds. The van der Waals surface area contributed by atoms with Gasteiger partial charge in [0.05, 0.1) is 6.61 Å². The predicted molar refractivity (Wildman–Crippen MR) is 109 cm³/mol. The second kappa shape index (κ2) is 7.26. The van der Waals surface area contributed by atoms with Crippen molar-refractivity contribution in [3.8, 4) is 0 Å². The fraction of sp³-hybridized carbons (Fsp3) is 1.00. The fourth-order valence-electron chi connectivity index (χ4n) is 2.00. The summed E-state index contributed by atoms with van der Waals surface area (Å²) in [6, 6.07) is 0. The highest BCUT2D eigenvalue weighted by Crippen LogP contribution is 2.46. The zero-order valence-corrected chi connectivity index (χ0v) is 21.0. The van der Waals surface area contributed by atoms with Crippen molar-refractivity contribution < 1.29 is 23.1 Å². The van der Waals surface area contributed by atoms with Crippen molar-refractivity contribution in [2.75, 3.05) is 6.61 Å². The molecule has 1 unspecified atom stereocenters. The van der Waals surface area contributed by atoms with E-state index < -0.39 is 39.7 Å². The van der Waals surface area contributed by atoms with Crippen LogP contribution in [0.5, 0.6) is 0 Å². The van der Waals surface area contributed by atoms with E-state index in [1.807, 2.05) is 0 Å². The van der Waals surface area contributed by atoms with Gasteiger partial charge in [0.1, 0.15) is 12.2 Å². The molecule has 1 N–H and O–H groups in total. The fourth-order valence-corrected chi connectivity index (χ4v) is 4.99. The van der Waals surface area contributed by atoms with Gasteiger partial charge in [0.25, 0.3) is 0 Å². The molecule has 1 aliphatic rings. The third-order valence-corrected chi connectivity index (χ3v) is 15.8. The topological polar surface area (TPSA) is 47.9 Å². The second-order valence-corrected chi connectivity index (χ2v) is 20.9. The number of alkyl halides is 2. The van der Waals surface area contributed by atoms with Crippen LogP contribution < -0.4 is 0 Å². The molecule has 8 heteroatoms. The maximum atomic E-state index is 15.1. The minimum atomic E-state index is -2.25. The zero-order chi connectivity index (χ0) is 20.1. The molecule has 1 saturated heterocycles. The normalized spacial score (nSPS) is 32.3. The second-order valence-electron chi connectivity index (χ2n) is 10.1. The Morgan fingerprint density at radius 2 is 1.48 bits per heavy atom. The molecule has 4 nitrogen and oxygen atoms in total. The summed E-state index contributed by atoms with van der Waals surface area (Å²) in [6.45, 7) is 21.4. The van der Waals surface area contributed by atoms with Crippen LogP contribution in [0.15, 0.2) is 0 Å². The molecule has 1 rings (SSSR count). The number of halogens is 2. The molecule has 0 aromatic carbocycles. The van der Waals surface area contributed by atoms with E-state index in [1.165, 1.54) is 0 Å². The molecular weight excluding hydrogens is 423 g/mol. The van der Waals surface area contributed by atoms with Crippen LogP contribution in [-0.4, -0.2) is 51.4 Å². The van der Waals surface area contributed by atoms with Crippen molar-refractivity contribution >= 4 is 32.6 Å². The summed E-state index contributed by atoms with van der Waals surface area (Å²) in [7, 11) is -4.26. The number of rotatable bonds is 5. The lowest BCUT2D eigenvalue weighted by atomic mass is 10.2. The SMILES string of the molecule is CC(C)(C)[Si](C)(C)OC[C@H]1OC(O)[C@](F)(Br)[C@@H]1O[Si](C)(C)C(C)(C)C. The largest absolute Gasteiger partial charge is 0.414 e. The molecule has 25 heavy (non-hydrogen) atoms. The maximum absolute atomic E-state index is 15.1. The Morgan fingerprint density at radius 3 is 1.88 bits per heavy atom. The van der Waals surface area contributed by atoms with Crippen LogP contribution in [0.2, 0.25) is 36.3 Å². The van der Waals surface area contributed by atoms with E-state index >= 15 is 4.39 Å². The van der Waals surface area contributed by atoms with Crippen LogP contribution in [0.25, 0.3) is 0 Å². The average Bonchev–Trinajstić information content (AvgIpc) is 2.57. The number of aliphatic hydroxyl groups excluding tert-OH is 1. The summed E-state index contributed by atoms with van der Waals surface area (Å²) in [5, 5.41) is 10.0. The van der Waals surface area contributed by atoms with Crippen molar-refractivity contribution in [3.05, 3.63) is 0 Å². The maximum Gasteiger partial charge on any atom is 0.242 e. The first-order valence-corrected chi connectivity index (χ1v) is 15.5. The van der Waals surface area contributed by atoms with Crippen molar-refractivity contribution in [3.63, 3.8) is 0 Å². The van der Waals surface area contributed by atoms with Gasteiger partial charge in [0, 0.05) is 0 Å². The smallest absolute Gasteiger partial charge is 0.242 e. The van der Waals surface area contributed by atoms with Gasteiger partial charge in [-0.25, -0.2) is 4.39 Å². The van der Waals surface area contributed by atoms with Crippen molar-refractivity contribution in [2.45, 2.75) is 101 Å². The van der Waals surface area contributed by atoms with E-state index in [4.69, 9.17) is 13.6 Å². The predicted octanol–water partition coefficient (Wildman–Crippen LogP) is 5.18. The van der Waals surface area contributed by atoms with Crippen LogP contribution >= 0.6 is 15.9 Å². The molecule has 4 atom stereocenters. The lowest BCUT2D eigenvalue weighted by Crippen LogP contribution is -2.53. The van der Waals surface area contributed by atoms with Crippen LogP contribution in [0.4, 0.5) is 4.39 Å². The van der Waals surface area contributed by atoms with Gasteiger partial charge in [-0.05, 0) is 52.2 Å². The van der Waals surface area contributed by atoms with E-state index in [2.05, 4.69) is 83.7 Å². The molecule has 0 aliphatic carbocycles. The minimum Gasteiger partial charge on any atom is -0.414 e. The van der Waals surface area contributed by atoms with Crippen molar-refractivity contribution in [2.24, 2.45) is 0 Å². The van der Waals surface area contributed by atoms with E-state index in [1.54, 1.807) is 0 Å². The highest BCUT2D eigenvalue weighted by molar-refractivity contribution is 9.10. The number of hydrogen-bond acceptors (Lipinski definition) is 4. The monoisotopic (exact) mass is 458 g/mol. The van der Waals surface area contributed by atoms with Crippen LogP contribution in [0, 0.1) is 0 Å². The molecule has 0 radical (unpaired) electrons. The molecule has 1 heterocycles. The van der Waals surface area contributed by atoms with Crippen molar-refractivity contribution in [1.82, 2.24) is 0 Å². The average molecular weight is 460 g/mol. The van der Waals surface area contributed by atoms with Crippen LogP contribution in [0.1, 0.15) is 41.5 Å². The van der Waals surface area contributed by atoms with Gasteiger partial charge in [-0.2, -0.15) is 0 Å². The highest BCUT2D eigenvalue weighted by Gasteiger charge is 2.59. The van der Waals surface area contributed by atoms with E-state index in [0.29, 0.717) is 0 Å². The summed E-state index contributed by atoms with van der Waals surface area (Å²) in [4.78, 5) is 0. The summed E-state index contributed by atoms with van der Waals surface area (Å²) < 4.78 is 30.9. The third kappa shape index (κ3) is 5.15. The first-order chi connectivity index (χ1) is 10.8. The Kier molecular flexibility index (Phi) is 6.88. The molecule has 0 saturated carbocycles. The molecule has 150 valence electrons. The lowest BCUT2D eigenvalue weighted by molar-refractivity contribution is -0.124. The quantitative estimate of drug-likeness (QED) is 0.455. The Labute approximate surface area is 163 Å². The first-order valence-electron chi connectivity index (χ1n) is 8.86. The van der Waals surface area contributed by atoms with Gasteiger partial charge in [0.2, 0.25) is 10.9 Å². The first kappa shape index (κ1) is 23.7. The van der Waals surface area contributed by atoms with Gasteiger partial charge in [-0.3, -0.25) is 0 Å². The molecule has 1 fully saturated rings. The number of hydrogen-bond donors (Lipinski definition) is 1. The van der Waals surface area contributed by atoms with E-state index in [0.717, 1.165) is 0 Å². The molecule has 0 aromatic rings. The molecule has 1 aliphatic heterocycles. The highest BCUT2D eigenvalue weighted by atomic mass is 79.9. The Bertz CT molecular complexity index is 472. The Morgan fingerprint density at radius 1 is 1.04 bits per heavy atom. The van der Waals surface area contributed by atoms with Gasteiger partial charge in [-0.1, -0.05) is 41.5 Å². The van der Waals surface area contributed by atoms with Crippen LogP contribution in [0.3, 0.4) is 0 Å². The summed E-state index contributed by atoms with van der Waals surface area (Å²) in [5.74, 6) is 0. The van der Waals surface area contributed by atoms with Gasteiger partial charge < -0.3 is 18.7 Å². The van der Waals surface area contributed by atoms with Crippen LogP contribution in [-0.2, 0) is 13.6 Å². The van der Waals surface area contributed by atoms with E-state index in [-0.39, 0.29) is 16.7 Å². The number of ether oxygens (including phenoxy) is 1. The Hall–Kier alpha value is 0.684. The Balaban J connectivity index is 2.98. The van der Waals surface area contributed by atoms with E-state index in [9.17, 15) is 5.11 Å². The minimum absolute atomic E-state index is 0.0429. The molecule has 0 spiro atoms. The van der Waals surface area contributed by atoms with Gasteiger partial charge in [0.15, 0.2) is 16.6 Å². The standard InChI is InChI=1S/C17H36BrFO4Si2/c1-15(2,3)24(7,8)21-11-12-13(17(18,19)14(20)22-12)23-25(9,10)16(4,5)6/h12-14,20H,11H2,1-10H3/t12-,13-,14?,17+/m1/s1. The number of aliphatic hydroxyl groups is 1. The summed E-state index contributed by atoms with van der Waals surface area (Å²) >= 11 is 3.01. The third-order valence-electron chi connectivity index (χ3n) is 5.99. The molecule has 0 bridgehead atoms. The molecular formula is C17H36BrFO4Si2. The lowest BCUT2D eigenvalue weighted by Gasteiger charge is -2.41. The zero-order valence-electron chi connectivity index (χ0n) is 17.4. The summed E-state index contributed by atoms with van der Waals surface area (Å²) in [6.07, 6.45) is -3.13. The van der Waals surface area contributed by atoms with Gasteiger partial charge >= 0.3 is 0 Å². The van der Waals surface area contributed by atoms with Crippen molar-refractivity contribution in [1.29, 1.82) is 0 Å². The summed E-state index contributed by atoms with van der Waals surface area (Å²) in [5.41, 5.74) is 0.